The Morgan fingerprint density at radius 1 is 0.491 bits per heavy atom. The van der Waals surface area contributed by atoms with Crippen molar-refractivity contribution in [3.63, 3.8) is 0 Å². The molecule has 3 aromatic heterocycles. The van der Waals surface area contributed by atoms with Crippen LogP contribution in [0.1, 0.15) is 79.0 Å². The van der Waals surface area contributed by atoms with Gasteiger partial charge in [0.2, 0.25) is 0 Å². The molecule has 5 aromatic carbocycles. The largest absolute Gasteiger partial charge is 0.457 e. The molecule has 0 spiro atoms. The van der Waals surface area contributed by atoms with E-state index >= 15 is 0 Å². The van der Waals surface area contributed by atoms with Crippen LogP contribution in [0.5, 0.6) is 11.5 Å². The van der Waals surface area contributed by atoms with E-state index in [9.17, 15) is 0 Å². The Labute approximate surface area is 313 Å². The van der Waals surface area contributed by atoms with Crippen molar-refractivity contribution < 1.29 is 4.74 Å². The molecule has 0 bridgehead atoms. The summed E-state index contributed by atoms with van der Waals surface area (Å²) in [7, 11) is 0. The minimum absolute atomic E-state index is 0.00732. The standard InChI is InChI=1S/C49H49N3O/c1-47(2,3)33-23-24-50-46(28-33)52-44-20-13-11-17-39(44)41-22-21-38(30-45(41)52)53-37-16-14-15-36(29-37)51-31-42(40-18-10-12-19-43(40)51)32-25-34(48(4,5)6)27-35(26-32)49(7,8)9/h10-31H,1-9H3. The zero-order valence-corrected chi connectivity index (χ0v) is 32.5. The topological polar surface area (TPSA) is 32.0 Å². The molecule has 3 heterocycles. The summed E-state index contributed by atoms with van der Waals surface area (Å²) in [6.07, 6.45) is 4.21. The van der Waals surface area contributed by atoms with Crippen molar-refractivity contribution in [3.8, 4) is 34.1 Å². The number of hydrogen-bond acceptors (Lipinski definition) is 2. The van der Waals surface area contributed by atoms with E-state index in [4.69, 9.17) is 9.72 Å². The Morgan fingerprint density at radius 3 is 1.81 bits per heavy atom. The van der Waals surface area contributed by atoms with E-state index in [0.29, 0.717) is 0 Å². The highest BCUT2D eigenvalue weighted by molar-refractivity contribution is 6.09. The first-order valence-corrected chi connectivity index (χ1v) is 18.7. The van der Waals surface area contributed by atoms with Gasteiger partial charge in [-0.25, -0.2) is 4.98 Å². The molecular formula is C49H49N3O. The number of fused-ring (bicyclic) bond motifs is 4. The van der Waals surface area contributed by atoms with Crippen LogP contribution in [0.15, 0.2) is 134 Å². The molecule has 0 atom stereocenters. The molecule has 0 aliphatic carbocycles. The minimum Gasteiger partial charge on any atom is -0.457 e. The fraction of sp³-hybridized carbons (Fsp3) is 0.245. The zero-order valence-electron chi connectivity index (χ0n) is 32.5. The van der Waals surface area contributed by atoms with Gasteiger partial charge < -0.3 is 9.30 Å². The third-order valence-electron chi connectivity index (χ3n) is 10.5. The van der Waals surface area contributed by atoms with Gasteiger partial charge in [0.1, 0.15) is 17.3 Å². The van der Waals surface area contributed by atoms with E-state index in [1.165, 1.54) is 44.0 Å². The molecule has 0 aliphatic rings. The lowest BCUT2D eigenvalue weighted by atomic mass is 9.79. The van der Waals surface area contributed by atoms with Gasteiger partial charge in [0.25, 0.3) is 0 Å². The van der Waals surface area contributed by atoms with Crippen molar-refractivity contribution in [2.75, 3.05) is 0 Å². The maximum Gasteiger partial charge on any atom is 0.137 e. The van der Waals surface area contributed by atoms with Crippen LogP contribution in [0.4, 0.5) is 0 Å². The van der Waals surface area contributed by atoms with Gasteiger partial charge in [-0.3, -0.25) is 4.57 Å². The van der Waals surface area contributed by atoms with Crippen molar-refractivity contribution in [1.82, 2.24) is 14.1 Å². The Balaban J connectivity index is 1.21. The lowest BCUT2D eigenvalue weighted by Crippen LogP contribution is -2.16. The molecule has 0 saturated heterocycles. The van der Waals surface area contributed by atoms with Crippen molar-refractivity contribution in [2.24, 2.45) is 0 Å². The Kier molecular flexibility index (Phi) is 8.14. The van der Waals surface area contributed by atoms with E-state index in [1.807, 2.05) is 12.3 Å². The van der Waals surface area contributed by atoms with Crippen molar-refractivity contribution in [1.29, 1.82) is 0 Å². The number of ether oxygens (including phenoxy) is 1. The fourth-order valence-electron chi connectivity index (χ4n) is 7.37. The summed E-state index contributed by atoms with van der Waals surface area (Å²) in [6, 6.07) is 43.5. The highest BCUT2D eigenvalue weighted by Crippen LogP contribution is 2.40. The maximum atomic E-state index is 6.68. The molecule has 0 N–H and O–H groups in total. The molecule has 0 aliphatic heterocycles. The van der Waals surface area contributed by atoms with Gasteiger partial charge in [-0.05, 0) is 87.0 Å². The molecule has 4 heteroatoms. The summed E-state index contributed by atoms with van der Waals surface area (Å²) in [5.74, 6) is 2.46. The average Bonchev–Trinajstić information content (AvgIpc) is 3.67. The lowest BCUT2D eigenvalue weighted by Gasteiger charge is -2.26. The highest BCUT2D eigenvalue weighted by Gasteiger charge is 2.23. The number of aromatic nitrogens is 3. The first-order valence-electron chi connectivity index (χ1n) is 18.7. The molecule has 0 amide bonds. The predicted octanol–water partition coefficient (Wildman–Crippen LogP) is 13.5. The number of nitrogens with zero attached hydrogens (tertiary/aromatic N) is 3. The van der Waals surface area contributed by atoms with Gasteiger partial charge in [-0.15, -0.1) is 0 Å². The molecular weight excluding hydrogens is 647 g/mol. The second-order valence-corrected chi connectivity index (χ2v) is 17.5. The third-order valence-corrected chi connectivity index (χ3v) is 10.5. The van der Waals surface area contributed by atoms with Crippen molar-refractivity contribution >= 4 is 32.7 Å². The van der Waals surface area contributed by atoms with E-state index < -0.39 is 0 Å². The van der Waals surface area contributed by atoms with Crippen LogP contribution in [-0.4, -0.2) is 14.1 Å². The zero-order chi connectivity index (χ0) is 37.3. The quantitative estimate of drug-likeness (QED) is 0.179. The van der Waals surface area contributed by atoms with Crippen LogP contribution in [0, 0.1) is 0 Å². The maximum absolute atomic E-state index is 6.68. The van der Waals surface area contributed by atoms with Crippen LogP contribution < -0.4 is 4.74 Å². The Morgan fingerprint density at radius 2 is 1.11 bits per heavy atom. The van der Waals surface area contributed by atoms with Gasteiger partial charge in [0.15, 0.2) is 0 Å². The Bertz CT molecular complexity index is 2620. The van der Waals surface area contributed by atoms with Crippen molar-refractivity contribution in [2.45, 2.75) is 78.6 Å². The van der Waals surface area contributed by atoms with Crippen LogP contribution in [0.2, 0.25) is 0 Å². The molecule has 0 saturated carbocycles. The number of para-hydroxylation sites is 2. The molecule has 0 radical (unpaired) electrons. The monoisotopic (exact) mass is 695 g/mol. The van der Waals surface area contributed by atoms with Gasteiger partial charge in [0.05, 0.1) is 16.6 Å². The molecule has 8 aromatic rings. The van der Waals surface area contributed by atoms with Crippen LogP contribution in [-0.2, 0) is 16.2 Å². The van der Waals surface area contributed by atoms with E-state index in [2.05, 4.69) is 193 Å². The van der Waals surface area contributed by atoms with E-state index in [1.54, 1.807) is 0 Å². The molecule has 0 fully saturated rings. The summed E-state index contributed by atoms with van der Waals surface area (Å²) >= 11 is 0. The molecule has 53 heavy (non-hydrogen) atoms. The molecule has 4 nitrogen and oxygen atoms in total. The van der Waals surface area contributed by atoms with Gasteiger partial charge >= 0.3 is 0 Å². The summed E-state index contributed by atoms with van der Waals surface area (Å²) < 4.78 is 11.2. The smallest absolute Gasteiger partial charge is 0.137 e. The van der Waals surface area contributed by atoms with Crippen LogP contribution in [0.25, 0.3) is 55.3 Å². The highest BCUT2D eigenvalue weighted by atomic mass is 16.5. The fourth-order valence-corrected chi connectivity index (χ4v) is 7.37. The number of rotatable bonds is 5. The number of pyridine rings is 1. The predicted molar refractivity (Wildman–Crippen MR) is 223 cm³/mol. The molecule has 266 valence electrons. The second-order valence-electron chi connectivity index (χ2n) is 17.5. The normalized spacial score (nSPS) is 12.6. The van der Waals surface area contributed by atoms with Gasteiger partial charge in [0, 0.05) is 51.9 Å². The average molecular weight is 696 g/mol. The summed E-state index contributed by atoms with van der Waals surface area (Å²) in [5, 5.41) is 3.59. The number of benzene rings is 5. The van der Waals surface area contributed by atoms with Crippen LogP contribution in [0.3, 0.4) is 0 Å². The molecule has 8 rings (SSSR count). The minimum atomic E-state index is 0.00732. The molecule has 0 unspecified atom stereocenters. The lowest BCUT2D eigenvalue weighted by molar-refractivity contribution is 0.483. The third kappa shape index (κ3) is 6.41. The van der Waals surface area contributed by atoms with E-state index in [0.717, 1.165) is 39.6 Å². The first-order chi connectivity index (χ1) is 25.1. The van der Waals surface area contributed by atoms with Gasteiger partial charge in [-0.2, -0.15) is 0 Å². The van der Waals surface area contributed by atoms with Crippen molar-refractivity contribution in [3.05, 3.63) is 150 Å². The van der Waals surface area contributed by atoms with Crippen LogP contribution >= 0.6 is 0 Å². The SMILES string of the molecule is CC(C)(C)c1cc(-c2cn(-c3cccc(Oc4ccc5c6ccccc6n(-c6cc(C(C)(C)C)ccn6)c5c4)c3)c3ccccc23)cc(C(C)(C)C)c1. The Hall–Kier alpha value is -5.61. The van der Waals surface area contributed by atoms with E-state index in [-0.39, 0.29) is 16.2 Å². The summed E-state index contributed by atoms with van der Waals surface area (Å²) in [4.78, 5) is 4.86. The van der Waals surface area contributed by atoms with Gasteiger partial charge in [-0.1, -0.05) is 123 Å². The summed E-state index contributed by atoms with van der Waals surface area (Å²) in [6.45, 7) is 20.5. The second kappa shape index (κ2) is 12.5. The summed E-state index contributed by atoms with van der Waals surface area (Å²) in [5.41, 5.74) is 10.9. The first kappa shape index (κ1) is 34.5. The number of hydrogen-bond donors (Lipinski definition) is 0.